The standard InChI is InChI=1S/C13H24N4O3S/c1-4-5-11-14-15-13(21-10-12(18)19)17(11)7-9-20-8-6-16(2)3/h4-10H2,1-3H3,(H,18,19). The molecule has 0 bridgehead atoms. The van der Waals surface area contributed by atoms with Crippen LogP contribution in [0, 0.1) is 0 Å². The van der Waals surface area contributed by atoms with Gasteiger partial charge in [0.15, 0.2) is 5.16 Å². The van der Waals surface area contributed by atoms with Crippen LogP contribution in [0.5, 0.6) is 0 Å². The molecule has 0 aromatic carbocycles. The second kappa shape index (κ2) is 9.75. The number of hydrogen-bond acceptors (Lipinski definition) is 6. The average molecular weight is 316 g/mol. The number of carboxylic acid groups (broad SMARTS) is 1. The molecular weight excluding hydrogens is 292 g/mol. The number of aromatic nitrogens is 3. The van der Waals surface area contributed by atoms with Gasteiger partial charge in [0.05, 0.1) is 19.0 Å². The lowest BCUT2D eigenvalue weighted by Gasteiger charge is -2.12. The first-order chi connectivity index (χ1) is 10.0. The van der Waals surface area contributed by atoms with Crippen molar-refractivity contribution < 1.29 is 14.6 Å². The summed E-state index contributed by atoms with van der Waals surface area (Å²) in [5.74, 6) is 0.0292. The van der Waals surface area contributed by atoms with Crippen molar-refractivity contribution in [1.29, 1.82) is 0 Å². The third-order valence-corrected chi connectivity index (χ3v) is 3.69. The number of aryl methyl sites for hydroxylation is 1. The smallest absolute Gasteiger partial charge is 0.313 e. The summed E-state index contributed by atoms with van der Waals surface area (Å²) < 4.78 is 7.55. The maximum Gasteiger partial charge on any atom is 0.313 e. The Morgan fingerprint density at radius 1 is 1.38 bits per heavy atom. The number of hydrogen-bond donors (Lipinski definition) is 1. The number of aliphatic carboxylic acids is 1. The topological polar surface area (TPSA) is 80.5 Å². The summed E-state index contributed by atoms with van der Waals surface area (Å²) in [6, 6.07) is 0. The van der Waals surface area contributed by atoms with Crippen LogP contribution in [0.3, 0.4) is 0 Å². The van der Waals surface area contributed by atoms with Crippen molar-refractivity contribution in [3.05, 3.63) is 5.82 Å². The second-order valence-corrected chi connectivity index (χ2v) is 5.84. The highest BCUT2D eigenvalue weighted by Gasteiger charge is 2.13. The quantitative estimate of drug-likeness (QED) is 0.481. The SMILES string of the molecule is CCCc1nnc(SCC(=O)O)n1CCOCCN(C)C. The highest BCUT2D eigenvalue weighted by molar-refractivity contribution is 7.99. The molecule has 7 nitrogen and oxygen atoms in total. The molecule has 0 aliphatic carbocycles. The third kappa shape index (κ3) is 6.92. The molecule has 1 heterocycles. The number of carboxylic acids is 1. The highest BCUT2D eigenvalue weighted by atomic mass is 32.2. The third-order valence-electron chi connectivity index (χ3n) is 2.73. The molecule has 0 unspecified atom stereocenters. The van der Waals surface area contributed by atoms with Gasteiger partial charge in [0.1, 0.15) is 5.82 Å². The Morgan fingerprint density at radius 3 is 2.76 bits per heavy atom. The molecule has 0 atom stereocenters. The van der Waals surface area contributed by atoms with Crippen molar-refractivity contribution in [3.8, 4) is 0 Å². The largest absolute Gasteiger partial charge is 0.481 e. The number of ether oxygens (including phenoxy) is 1. The summed E-state index contributed by atoms with van der Waals surface area (Å²) in [6.45, 7) is 4.86. The molecule has 0 amide bonds. The summed E-state index contributed by atoms with van der Waals surface area (Å²) in [5.41, 5.74) is 0. The van der Waals surface area contributed by atoms with Crippen LogP contribution in [-0.4, -0.2) is 70.3 Å². The molecule has 1 aromatic rings. The normalized spacial score (nSPS) is 11.2. The van der Waals surface area contributed by atoms with Crippen LogP contribution in [0.15, 0.2) is 5.16 Å². The molecular formula is C13H24N4O3S. The van der Waals surface area contributed by atoms with Gasteiger partial charge in [0.2, 0.25) is 0 Å². The molecule has 21 heavy (non-hydrogen) atoms. The summed E-state index contributed by atoms with van der Waals surface area (Å²) in [6.07, 6.45) is 1.81. The minimum atomic E-state index is -0.853. The predicted octanol–water partition coefficient (Wildman–Crippen LogP) is 0.986. The number of thioether (sulfide) groups is 1. The van der Waals surface area contributed by atoms with Crippen molar-refractivity contribution in [2.45, 2.75) is 31.5 Å². The first kappa shape index (κ1) is 17.9. The maximum atomic E-state index is 10.7. The molecule has 120 valence electrons. The van der Waals surface area contributed by atoms with E-state index >= 15 is 0 Å². The van der Waals surface area contributed by atoms with E-state index in [9.17, 15) is 4.79 Å². The van der Waals surface area contributed by atoms with Crippen LogP contribution in [0.2, 0.25) is 0 Å². The zero-order chi connectivity index (χ0) is 15.7. The van der Waals surface area contributed by atoms with E-state index in [4.69, 9.17) is 9.84 Å². The van der Waals surface area contributed by atoms with Gasteiger partial charge in [-0.25, -0.2) is 0 Å². The fourth-order valence-corrected chi connectivity index (χ4v) is 2.39. The average Bonchev–Trinajstić information content (AvgIpc) is 2.79. The van der Waals surface area contributed by atoms with Gasteiger partial charge in [-0.15, -0.1) is 10.2 Å². The molecule has 0 fully saturated rings. The van der Waals surface area contributed by atoms with Gasteiger partial charge in [0.25, 0.3) is 0 Å². The minimum absolute atomic E-state index is 0.00819. The first-order valence-electron chi connectivity index (χ1n) is 7.03. The summed E-state index contributed by atoms with van der Waals surface area (Å²) in [4.78, 5) is 12.7. The number of carbonyl (C=O) groups is 1. The summed E-state index contributed by atoms with van der Waals surface area (Å²) >= 11 is 1.20. The van der Waals surface area contributed by atoms with Crippen LogP contribution in [-0.2, 0) is 22.5 Å². The maximum absolute atomic E-state index is 10.7. The van der Waals surface area contributed by atoms with E-state index in [0.29, 0.717) is 24.9 Å². The van der Waals surface area contributed by atoms with E-state index in [-0.39, 0.29) is 5.75 Å². The van der Waals surface area contributed by atoms with Crippen LogP contribution in [0.1, 0.15) is 19.2 Å². The van der Waals surface area contributed by atoms with E-state index < -0.39 is 5.97 Å². The zero-order valence-electron chi connectivity index (χ0n) is 12.9. The Bertz CT molecular complexity index is 437. The van der Waals surface area contributed by atoms with E-state index in [1.54, 1.807) is 0 Å². The number of nitrogens with zero attached hydrogens (tertiary/aromatic N) is 4. The first-order valence-corrected chi connectivity index (χ1v) is 8.02. The molecule has 0 aliphatic rings. The predicted molar refractivity (Wildman–Crippen MR) is 81.7 cm³/mol. The zero-order valence-corrected chi connectivity index (χ0v) is 13.7. The van der Waals surface area contributed by atoms with Crippen molar-refractivity contribution in [2.75, 3.05) is 39.6 Å². The van der Waals surface area contributed by atoms with Gasteiger partial charge in [0, 0.05) is 19.5 Å². The Morgan fingerprint density at radius 2 is 2.14 bits per heavy atom. The Hall–Kier alpha value is -1.12. The van der Waals surface area contributed by atoms with Gasteiger partial charge in [-0.2, -0.15) is 0 Å². The van der Waals surface area contributed by atoms with E-state index in [2.05, 4.69) is 22.0 Å². The molecule has 8 heteroatoms. The van der Waals surface area contributed by atoms with Gasteiger partial charge >= 0.3 is 5.97 Å². The summed E-state index contributed by atoms with van der Waals surface area (Å²) in [7, 11) is 4.01. The minimum Gasteiger partial charge on any atom is -0.481 e. The molecule has 0 saturated heterocycles. The molecule has 1 N–H and O–H groups in total. The van der Waals surface area contributed by atoms with E-state index in [1.165, 1.54) is 11.8 Å². The van der Waals surface area contributed by atoms with Crippen molar-refractivity contribution in [2.24, 2.45) is 0 Å². The van der Waals surface area contributed by atoms with Crippen LogP contribution in [0.4, 0.5) is 0 Å². The van der Waals surface area contributed by atoms with E-state index in [1.807, 2.05) is 18.7 Å². The lowest BCUT2D eigenvalue weighted by atomic mass is 10.3. The van der Waals surface area contributed by atoms with Gasteiger partial charge in [-0.1, -0.05) is 18.7 Å². The highest BCUT2D eigenvalue weighted by Crippen LogP contribution is 2.17. The fourth-order valence-electron chi connectivity index (χ4n) is 1.69. The Labute approximate surface area is 129 Å². The van der Waals surface area contributed by atoms with Gasteiger partial charge < -0.3 is 19.3 Å². The van der Waals surface area contributed by atoms with Crippen LogP contribution < -0.4 is 0 Å². The van der Waals surface area contributed by atoms with Crippen LogP contribution >= 0.6 is 11.8 Å². The van der Waals surface area contributed by atoms with Crippen molar-refractivity contribution in [3.63, 3.8) is 0 Å². The van der Waals surface area contributed by atoms with Crippen molar-refractivity contribution >= 4 is 17.7 Å². The monoisotopic (exact) mass is 316 g/mol. The molecule has 0 aliphatic heterocycles. The fraction of sp³-hybridized carbons (Fsp3) is 0.769. The van der Waals surface area contributed by atoms with Gasteiger partial charge in [-0.3, -0.25) is 4.79 Å². The Kier molecular flexibility index (Phi) is 8.33. The van der Waals surface area contributed by atoms with Gasteiger partial charge in [-0.05, 0) is 20.5 Å². The number of rotatable bonds is 11. The molecule has 0 spiro atoms. The lowest BCUT2D eigenvalue weighted by Crippen LogP contribution is -2.19. The second-order valence-electron chi connectivity index (χ2n) is 4.90. The molecule has 0 saturated carbocycles. The molecule has 1 rings (SSSR count). The Balaban J connectivity index is 2.54. The number of likely N-dealkylation sites (N-methyl/N-ethyl adjacent to an activating group) is 1. The summed E-state index contributed by atoms with van der Waals surface area (Å²) in [5, 5.41) is 17.6. The van der Waals surface area contributed by atoms with E-state index in [0.717, 1.165) is 25.2 Å². The lowest BCUT2D eigenvalue weighted by molar-refractivity contribution is -0.133. The van der Waals surface area contributed by atoms with Crippen LogP contribution in [0.25, 0.3) is 0 Å². The van der Waals surface area contributed by atoms with Crippen molar-refractivity contribution in [1.82, 2.24) is 19.7 Å². The molecule has 1 aromatic heterocycles. The molecule has 0 radical (unpaired) electrons.